The largest absolute Gasteiger partial charge is 0.462 e. The smallest absolute Gasteiger partial charge is 0.338 e. The van der Waals surface area contributed by atoms with Gasteiger partial charge in [-0.3, -0.25) is 0 Å². The summed E-state index contributed by atoms with van der Waals surface area (Å²) in [5.74, 6) is 1.59. The number of imidazole rings is 1. The highest BCUT2D eigenvalue weighted by molar-refractivity contribution is 5.90. The Labute approximate surface area is 167 Å². The van der Waals surface area contributed by atoms with Crippen LogP contribution in [-0.4, -0.2) is 28.3 Å². The molecule has 2 aromatic heterocycles. The number of para-hydroxylation sites is 2. The maximum Gasteiger partial charge on any atom is 0.338 e. The monoisotopic (exact) mass is 388 g/mol. The van der Waals surface area contributed by atoms with E-state index in [4.69, 9.17) is 9.15 Å². The van der Waals surface area contributed by atoms with Crippen molar-refractivity contribution in [2.75, 3.05) is 12.0 Å². The Morgan fingerprint density at radius 2 is 1.97 bits per heavy atom. The number of aryl methyl sites for hydroxylation is 1. The van der Waals surface area contributed by atoms with E-state index in [1.54, 1.807) is 25.3 Å². The number of nitrogens with zero attached hydrogens (tertiary/aromatic N) is 3. The van der Waals surface area contributed by atoms with Crippen molar-refractivity contribution in [1.82, 2.24) is 9.55 Å². The van der Waals surface area contributed by atoms with Gasteiger partial charge in [-0.25, -0.2) is 15.2 Å². The summed E-state index contributed by atoms with van der Waals surface area (Å²) >= 11 is 0. The minimum absolute atomic E-state index is 0.334. The molecule has 7 heteroatoms. The van der Waals surface area contributed by atoms with Crippen LogP contribution in [0.15, 0.2) is 70.2 Å². The van der Waals surface area contributed by atoms with Gasteiger partial charge in [-0.15, -0.1) is 0 Å². The van der Waals surface area contributed by atoms with Gasteiger partial charge in [-0.1, -0.05) is 24.3 Å². The van der Waals surface area contributed by atoms with E-state index in [9.17, 15) is 4.79 Å². The average molecular weight is 388 g/mol. The molecule has 0 atom stereocenters. The summed E-state index contributed by atoms with van der Waals surface area (Å²) in [6, 6.07) is 18.7. The number of benzene rings is 2. The molecule has 0 amide bonds. The molecular weight excluding hydrogens is 368 g/mol. The molecule has 0 aliphatic heterocycles. The number of anilines is 1. The Kier molecular flexibility index (Phi) is 5.11. The first-order valence-electron chi connectivity index (χ1n) is 9.23. The molecule has 0 saturated carbocycles. The van der Waals surface area contributed by atoms with Crippen molar-refractivity contribution in [2.24, 2.45) is 12.1 Å². The Morgan fingerprint density at radius 1 is 1.17 bits per heavy atom. The third-order valence-electron chi connectivity index (χ3n) is 4.45. The fraction of sp³-hybridized carbons (Fsp3) is 0.136. The SMILES string of the molecule is CCOC(=O)c1ccc(-c2ccc(/C=N\Nc3nc4ccccc4n3C)o2)cc1. The van der Waals surface area contributed by atoms with Crippen molar-refractivity contribution in [3.05, 3.63) is 72.0 Å². The summed E-state index contributed by atoms with van der Waals surface area (Å²) < 4.78 is 12.7. The van der Waals surface area contributed by atoms with E-state index in [0.717, 1.165) is 16.6 Å². The van der Waals surface area contributed by atoms with E-state index in [-0.39, 0.29) is 5.97 Å². The second kappa shape index (κ2) is 8.02. The molecular formula is C22H20N4O3. The zero-order valence-corrected chi connectivity index (χ0v) is 16.1. The number of nitrogens with one attached hydrogen (secondary N) is 1. The number of fused-ring (bicyclic) bond motifs is 1. The van der Waals surface area contributed by atoms with E-state index in [1.165, 1.54) is 0 Å². The molecule has 0 radical (unpaired) electrons. The minimum Gasteiger partial charge on any atom is -0.462 e. The number of hydrogen-bond acceptors (Lipinski definition) is 6. The first-order valence-corrected chi connectivity index (χ1v) is 9.23. The van der Waals surface area contributed by atoms with Crippen LogP contribution in [0.2, 0.25) is 0 Å². The number of furan rings is 1. The predicted octanol–water partition coefficient (Wildman–Crippen LogP) is 4.46. The molecule has 4 rings (SSSR count). The van der Waals surface area contributed by atoms with Crippen LogP contribution < -0.4 is 5.43 Å². The van der Waals surface area contributed by atoms with Gasteiger partial charge in [0.15, 0.2) is 0 Å². The second-order valence-electron chi connectivity index (χ2n) is 6.35. The Bertz CT molecular complexity index is 1170. The van der Waals surface area contributed by atoms with Gasteiger partial charge in [0.2, 0.25) is 5.95 Å². The molecule has 4 aromatic rings. The maximum atomic E-state index is 11.7. The number of carbonyl (C=O) groups excluding carboxylic acids is 1. The van der Waals surface area contributed by atoms with E-state index in [1.807, 2.05) is 60.1 Å². The fourth-order valence-electron chi connectivity index (χ4n) is 2.96. The zero-order valence-electron chi connectivity index (χ0n) is 16.1. The number of rotatable bonds is 6. The Hall–Kier alpha value is -3.87. The lowest BCUT2D eigenvalue weighted by atomic mass is 10.1. The van der Waals surface area contributed by atoms with Crippen LogP contribution in [0.5, 0.6) is 0 Å². The highest BCUT2D eigenvalue weighted by atomic mass is 16.5. The van der Waals surface area contributed by atoms with Crippen LogP contribution in [0.25, 0.3) is 22.4 Å². The highest BCUT2D eigenvalue weighted by Gasteiger charge is 2.09. The molecule has 0 fully saturated rings. The third-order valence-corrected chi connectivity index (χ3v) is 4.45. The van der Waals surface area contributed by atoms with E-state index >= 15 is 0 Å². The zero-order chi connectivity index (χ0) is 20.2. The van der Waals surface area contributed by atoms with Gasteiger partial charge in [0.25, 0.3) is 0 Å². The Balaban J connectivity index is 1.45. The molecule has 0 bridgehead atoms. The molecule has 2 heterocycles. The first kappa shape index (κ1) is 18.5. The van der Waals surface area contributed by atoms with Gasteiger partial charge >= 0.3 is 5.97 Å². The van der Waals surface area contributed by atoms with Gasteiger partial charge in [0, 0.05) is 12.6 Å². The lowest BCUT2D eigenvalue weighted by Crippen LogP contribution is -2.03. The van der Waals surface area contributed by atoms with E-state index in [0.29, 0.717) is 29.6 Å². The van der Waals surface area contributed by atoms with Gasteiger partial charge in [0.05, 0.1) is 29.4 Å². The lowest BCUT2D eigenvalue weighted by Gasteiger charge is -2.02. The van der Waals surface area contributed by atoms with Crippen LogP contribution in [-0.2, 0) is 11.8 Å². The summed E-state index contributed by atoms with van der Waals surface area (Å²) in [4.78, 5) is 16.2. The van der Waals surface area contributed by atoms with Crippen LogP contribution in [0.3, 0.4) is 0 Å². The average Bonchev–Trinajstić information content (AvgIpc) is 3.34. The van der Waals surface area contributed by atoms with Crippen LogP contribution >= 0.6 is 0 Å². The molecule has 1 N–H and O–H groups in total. The Morgan fingerprint density at radius 3 is 2.72 bits per heavy atom. The van der Waals surface area contributed by atoms with Gasteiger partial charge in [0.1, 0.15) is 11.5 Å². The summed E-state index contributed by atoms with van der Waals surface area (Å²) in [6.45, 7) is 2.13. The van der Waals surface area contributed by atoms with E-state index < -0.39 is 0 Å². The molecule has 29 heavy (non-hydrogen) atoms. The number of ether oxygens (including phenoxy) is 1. The van der Waals surface area contributed by atoms with Crippen molar-refractivity contribution in [1.29, 1.82) is 0 Å². The lowest BCUT2D eigenvalue weighted by molar-refractivity contribution is 0.0526. The first-order chi connectivity index (χ1) is 14.2. The van der Waals surface area contributed by atoms with Gasteiger partial charge in [-0.05, 0) is 43.3 Å². The second-order valence-corrected chi connectivity index (χ2v) is 6.35. The van der Waals surface area contributed by atoms with Crippen molar-refractivity contribution >= 4 is 29.2 Å². The van der Waals surface area contributed by atoms with Crippen LogP contribution in [0.4, 0.5) is 5.95 Å². The minimum atomic E-state index is -0.334. The van der Waals surface area contributed by atoms with Crippen molar-refractivity contribution < 1.29 is 13.9 Å². The number of esters is 1. The quantitative estimate of drug-likeness (QED) is 0.300. The molecule has 0 saturated heterocycles. The number of hydrogen-bond donors (Lipinski definition) is 1. The molecule has 0 aliphatic rings. The van der Waals surface area contributed by atoms with Crippen molar-refractivity contribution in [2.45, 2.75) is 6.92 Å². The molecule has 2 aromatic carbocycles. The molecule has 146 valence electrons. The number of hydrazone groups is 1. The summed E-state index contributed by atoms with van der Waals surface area (Å²) in [7, 11) is 1.93. The maximum absolute atomic E-state index is 11.7. The summed E-state index contributed by atoms with van der Waals surface area (Å²) in [5.41, 5.74) is 6.24. The van der Waals surface area contributed by atoms with Crippen molar-refractivity contribution in [3.63, 3.8) is 0 Å². The third kappa shape index (κ3) is 3.89. The van der Waals surface area contributed by atoms with E-state index in [2.05, 4.69) is 15.5 Å². The summed E-state index contributed by atoms with van der Waals surface area (Å²) in [6.07, 6.45) is 1.59. The number of carbonyl (C=O) groups is 1. The number of aromatic nitrogens is 2. The molecule has 0 spiro atoms. The summed E-state index contributed by atoms with van der Waals surface area (Å²) in [5, 5.41) is 4.22. The fourth-order valence-corrected chi connectivity index (χ4v) is 2.96. The normalized spacial score (nSPS) is 11.2. The van der Waals surface area contributed by atoms with Gasteiger partial charge < -0.3 is 13.7 Å². The topological polar surface area (TPSA) is 81.6 Å². The predicted molar refractivity (Wildman–Crippen MR) is 112 cm³/mol. The van der Waals surface area contributed by atoms with Gasteiger partial charge in [-0.2, -0.15) is 5.10 Å². The standard InChI is InChI=1S/C22H20N4O3/c1-3-28-21(27)16-10-8-15(9-11-16)20-13-12-17(29-20)14-23-25-22-24-18-6-4-5-7-19(18)26(22)2/h4-14H,3H2,1-2H3,(H,24,25)/b23-14-. The van der Waals surface area contributed by atoms with Crippen molar-refractivity contribution in [3.8, 4) is 11.3 Å². The molecule has 0 unspecified atom stereocenters. The van der Waals surface area contributed by atoms with Crippen LogP contribution in [0, 0.1) is 0 Å². The molecule has 7 nitrogen and oxygen atoms in total. The molecule has 0 aliphatic carbocycles. The van der Waals surface area contributed by atoms with Crippen LogP contribution in [0.1, 0.15) is 23.0 Å². The highest BCUT2D eigenvalue weighted by Crippen LogP contribution is 2.22.